The van der Waals surface area contributed by atoms with Gasteiger partial charge in [-0.25, -0.2) is 0 Å². The molecule has 32 heavy (non-hydrogen) atoms. The van der Waals surface area contributed by atoms with Gasteiger partial charge in [0.05, 0.1) is 11.3 Å². The minimum atomic E-state index is -4.43. The number of nitrogens with one attached hydrogen (secondary N) is 1. The van der Waals surface area contributed by atoms with Crippen LogP contribution in [0.1, 0.15) is 32.4 Å². The number of benzene rings is 3. The molecule has 1 saturated heterocycles. The van der Waals surface area contributed by atoms with Gasteiger partial charge < -0.3 is 5.32 Å². The van der Waals surface area contributed by atoms with Gasteiger partial charge in [-0.05, 0) is 61.0 Å². The van der Waals surface area contributed by atoms with Gasteiger partial charge in [0.1, 0.15) is 5.37 Å². The number of thioether (sulfide) groups is 1. The smallest absolute Gasteiger partial charge is 0.322 e. The number of carbonyl (C=O) groups is 2. The number of hydrogen-bond acceptors (Lipinski definition) is 3. The number of amides is 2. The highest BCUT2D eigenvalue weighted by Crippen LogP contribution is 2.42. The summed E-state index contributed by atoms with van der Waals surface area (Å²) in [5, 5.41) is 2.47. The van der Waals surface area contributed by atoms with Crippen molar-refractivity contribution in [2.75, 3.05) is 16.0 Å². The second-order valence-corrected chi connectivity index (χ2v) is 8.48. The fraction of sp³-hybridized carbons (Fsp3) is 0.167. The number of rotatable bonds is 4. The molecule has 0 bridgehead atoms. The van der Waals surface area contributed by atoms with Crippen LogP contribution in [0.5, 0.6) is 0 Å². The molecule has 2 amide bonds. The van der Waals surface area contributed by atoms with Crippen LogP contribution in [-0.2, 0) is 11.0 Å². The Bertz CT molecular complexity index is 1130. The number of halogens is 3. The van der Waals surface area contributed by atoms with Gasteiger partial charge in [-0.3, -0.25) is 14.5 Å². The lowest BCUT2D eigenvalue weighted by Crippen LogP contribution is -2.27. The van der Waals surface area contributed by atoms with E-state index in [1.54, 1.807) is 36.4 Å². The van der Waals surface area contributed by atoms with E-state index in [0.717, 1.165) is 23.3 Å². The van der Waals surface area contributed by atoms with E-state index in [4.69, 9.17) is 0 Å². The third-order valence-electron chi connectivity index (χ3n) is 5.11. The SMILES string of the molecule is Cc1ccc(C(=O)Nc2ccc([C@H]3SCC(=O)N3c3ccc(C(F)(F)F)cc3)cc2)cc1. The first-order chi connectivity index (χ1) is 15.2. The maximum Gasteiger partial charge on any atom is 0.416 e. The minimum absolute atomic E-state index is 0.170. The van der Waals surface area contributed by atoms with Crippen LogP contribution in [0.15, 0.2) is 72.8 Å². The van der Waals surface area contributed by atoms with Gasteiger partial charge in [0.2, 0.25) is 5.91 Å². The number of hydrogen-bond donors (Lipinski definition) is 1. The maximum atomic E-state index is 12.9. The van der Waals surface area contributed by atoms with E-state index >= 15 is 0 Å². The summed E-state index contributed by atoms with van der Waals surface area (Å²) in [5.41, 5.74) is 2.68. The summed E-state index contributed by atoms with van der Waals surface area (Å²) in [6.45, 7) is 1.94. The van der Waals surface area contributed by atoms with E-state index < -0.39 is 11.7 Å². The van der Waals surface area contributed by atoms with Crippen molar-refractivity contribution in [2.24, 2.45) is 0 Å². The van der Waals surface area contributed by atoms with Gasteiger partial charge >= 0.3 is 6.18 Å². The van der Waals surface area contributed by atoms with Crippen molar-refractivity contribution in [1.82, 2.24) is 0 Å². The number of aryl methyl sites for hydroxylation is 1. The van der Waals surface area contributed by atoms with Gasteiger partial charge in [0.15, 0.2) is 0 Å². The molecule has 0 aromatic heterocycles. The highest BCUT2D eigenvalue weighted by molar-refractivity contribution is 8.00. The summed E-state index contributed by atoms with van der Waals surface area (Å²) in [6.07, 6.45) is -4.43. The summed E-state index contributed by atoms with van der Waals surface area (Å²) in [4.78, 5) is 26.4. The highest BCUT2D eigenvalue weighted by atomic mass is 32.2. The summed E-state index contributed by atoms with van der Waals surface area (Å²) >= 11 is 1.40. The Morgan fingerprint density at radius 1 is 0.969 bits per heavy atom. The molecule has 164 valence electrons. The van der Waals surface area contributed by atoms with E-state index in [1.807, 2.05) is 19.1 Å². The summed E-state index contributed by atoms with van der Waals surface area (Å²) in [5.74, 6) is -0.163. The standard InChI is InChI=1S/C24H19F3N2O2S/c1-15-2-4-16(5-3-15)22(31)28-19-10-6-17(7-11-19)23-29(21(30)14-32-23)20-12-8-18(9-13-20)24(25,26)27/h2-13,23H,14H2,1H3,(H,28,31)/t23-/m1/s1. The van der Waals surface area contributed by atoms with Crippen molar-refractivity contribution in [2.45, 2.75) is 18.5 Å². The molecule has 1 heterocycles. The van der Waals surface area contributed by atoms with Gasteiger partial charge in [0, 0.05) is 16.9 Å². The molecule has 4 rings (SSSR count). The Hall–Kier alpha value is -3.26. The van der Waals surface area contributed by atoms with Gasteiger partial charge in [-0.15, -0.1) is 11.8 Å². The molecule has 1 atom stereocenters. The maximum absolute atomic E-state index is 12.9. The molecule has 0 radical (unpaired) electrons. The molecule has 8 heteroatoms. The molecule has 0 aliphatic carbocycles. The van der Waals surface area contributed by atoms with Crippen molar-refractivity contribution >= 4 is 35.0 Å². The van der Waals surface area contributed by atoms with E-state index in [2.05, 4.69) is 5.32 Å². The predicted octanol–water partition coefficient (Wildman–Crippen LogP) is 6.04. The molecule has 0 spiro atoms. The van der Waals surface area contributed by atoms with E-state index in [9.17, 15) is 22.8 Å². The number of carbonyl (C=O) groups excluding carboxylic acids is 2. The van der Waals surface area contributed by atoms with Crippen LogP contribution in [-0.4, -0.2) is 17.6 Å². The molecule has 3 aromatic rings. The summed E-state index contributed by atoms with van der Waals surface area (Å²) in [7, 11) is 0. The summed E-state index contributed by atoms with van der Waals surface area (Å²) < 4.78 is 38.6. The lowest BCUT2D eigenvalue weighted by Gasteiger charge is -2.25. The van der Waals surface area contributed by atoms with Crippen LogP contribution in [0.4, 0.5) is 24.5 Å². The molecule has 4 nitrogen and oxygen atoms in total. The fourth-order valence-electron chi connectivity index (χ4n) is 3.40. The molecular weight excluding hydrogens is 437 g/mol. The van der Waals surface area contributed by atoms with E-state index in [0.29, 0.717) is 16.9 Å². The molecular formula is C24H19F3N2O2S. The normalized spacial score (nSPS) is 16.3. The van der Waals surface area contributed by atoms with Gasteiger partial charge in [0.25, 0.3) is 5.91 Å². The quantitative estimate of drug-likeness (QED) is 0.520. The lowest BCUT2D eigenvalue weighted by molar-refractivity contribution is -0.137. The monoisotopic (exact) mass is 456 g/mol. The fourth-order valence-corrected chi connectivity index (χ4v) is 4.58. The van der Waals surface area contributed by atoms with Crippen LogP contribution in [0.3, 0.4) is 0 Å². The van der Waals surface area contributed by atoms with E-state index in [1.165, 1.54) is 28.8 Å². The average molecular weight is 456 g/mol. The molecule has 3 aromatic carbocycles. The number of alkyl halides is 3. The van der Waals surface area contributed by atoms with Crippen molar-refractivity contribution in [3.8, 4) is 0 Å². The highest BCUT2D eigenvalue weighted by Gasteiger charge is 2.35. The first-order valence-electron chi connectivity index (χ1n) is 9.81. The summed E-state index contributed by atoms with van der Waals surface area (Å²) in [6, 6.07) is 18.9. The topological polar surface area (TPSA) is 49.4 Å². The Morgan fingerprint density at radius 3 is 2.19 bits per heavy atom. The number of nitrogens with zero attached hydrogens (tertiary/aromatic N) is 1. The van der Waals surface area contributed by atoms with Gasteiger partial charge in [-0.1, -0.05) is 29.8 Å². The molecule has 0 saturated carbocycles. The molecule has 1 fully saturated rings. The average Bonchev–Trinajstić information content (AvgIpc) is 3.15. The second-order valence-electron chi connectivity index (χ2n) is 7.41. The number of anilines is 2. The Balaban J connectivity index is 1.50. The Morgan fingerprint density at radius 2 is 1.59 bits per heavy atom. The van der Waals surface area contributed by atoms with Crippen molar-refractivity contribution in [3.63, 3.8) is 0 Å². The van der Waals surface area contributed by atoms with Crippen LogP contribution in [0.2, 0.25) is 0 Å². The zero-order valence-corrected chi connectivity index (χ0v) is 17.8. The van der Waals surface area contributed by atoms with Gasteiger partial charge in [-0.2, -0.15) is 13.2 Å². The Labute approximate surface area is 187 Å². The first kappa shape index (κ1) is 22.0. The molecule has 0 unspecified atom stereocenters. The lowest BCUT2D eigenvalue weighted by atomic mass is 10.1. The zero-order valence-electron chi connectivity index (χ0n) is 17.0. The van der Waals surface area contributed by atoms with Crippen molar-refractivity contribution in [1.29, 1.82) is 0 Å². The van der Waals surface area contributed by atoms with Crippen molar-refractivity contribution < 1.29 is 22.8 Å². The third-order valence-corrected chi connectivity index (χ3v) is 6.32. The van der Waals surface area contributed by atoms with Crippen LogP contribution in [0, 0.1) is 6.92 Å². The van der Waals surface area contributed by atoms with Crippen LogP contribution in [0.25, 0.3) is 0 Å². The largest absolute Gasteiger partial charge is 0.416 e. The second kappa shape index (κ2) is 8.70. The predicted molar refractivity (Wildman–Crippen MR) is 120 cm³/mol. The van der Waals surface area contributed by atoms with E-state index in [-0.39, 0.29) is 22.9 Å². The molecule has 1 N–H and O–H groups in total. The first-order valence-corrected chi connectivity index (χ1v) is 10.9. The molecule has 1 aliphatic rings. The van der Waals surface area contributed by atoms with Crippen LogP contribution >= 0.6 is 11.8 Å². The Kier molecular flexibility index (Phi) is 5.97. The van der Waals surface area contributed by atoms with Crippen molar-refractivity contribution in [3.05, 3.63) is 95.1 Å². The zero-order chi connectivity index (χ0) is 22.9. The third kappa shape index (κ3) is 4.65. The minimum Gasteiger partial charge on any atom is -0.322 e. The molecule has 1 aliphatic heterocycles. The van der Waals surface area contributed by atoms with Crippen LogP contribution < -0.4 is 10.2 Å².